The Hall–Kier alpha value is -2.88. The largest absolute Gasteiger partial charge is 0.351 e. The molecule has 24 heavy (non-hydrogen) atoms. The van der Waals surface area contributed by atoms with E-state index in [2.05, 4.69) is 10.4 Å². The number of nitrogens with one attached hydrogen (secondary N) is 1. The first-order valence-electron chi connectivity index (χ1n) is 8.20. The van der Waals surface area contributed by atoms with E-state index >= 15 is 0 Å². The van der Waals surface area contributed by atoms with Gasteiger partial charge in [0.25, 0.3) is 5.91 Å². The van der Waals surface area contributed by atoms with Crippen LogP contribution in [0, 0.1) is 6.92 Å². The molecule has 0 unspecified atom stereocenters. The van der Waals surface area contributed by atoms with Crippen LogP contribution in [0.15, 0.2) is 60.7 Å². The number of carbonyl (C=O) groups is 1. The number of hydrogen-bond acceptors (Lipinski definition) is 2. The van der Waals surface area contributed by atoms with Crippen molar-refractivity contribution in [1.29, 1.82) is 0 Å². The molecule has 1 heterocycles. The van der Waals surface area contributed by atoms with Gasteiger partial charge in [-0.05, 0) is 31.5 Å². The highest BCUT2D eigenvalue weighted by molar-refractivity contribution is 5.94. The van der Waals surface area contributed by atoms with Gasteiger partial charge in [0.05, 0.1) is 11.4 Å². The van der Waals surface area contributed by atoms with Crippen LogP contribution < -0.4 is 5.32 Å². The minimum absolute atomic E-state index is 0.105. The van der Waals surface area contributed by atoms with Gasteiger partial charge in [-0.2, -0.15) is 5.10 Å². The van der Waals surface area contributed by atoms with Crippen LogP contribution in [0.4, 0.5) is 0 Å². The fourth-order valence-electron chi connectivity index (χ4n) is 2.50. The Balaban J connectivity index is 2.06. The first-order valence-corrected chi connectivity index (χ1v) is 8.20. The molecule has 1 amide bonds. The van der Waals surface area contributed by atoms with Gasteiger partial charge in [0.15, 0.2) is 0 Å². The molecule has 0 bridgehead atoms. The predicted octanol–water partition coefficient (Wildman–Crippen LogP) is 3.99. The van der Waals surface area contributed by atoms with E-state index in [0.717, 1.165) is 23.4 Å². The third-order valence-electron chi connectivity index (χ3n) is 3.83. The number of hydrogen-bond donors (Lipinski definition) is 1. The summed E-state index contributed by atoms with van der Waals surface area (Å²) >= 11 is 0. The Morgan fingerprint density at radius 3 is 2.46 bits per heavy atom. The number of aryl methyl sites for hydroxylation is 1. The number of benzene rings is 2. The van der Waals surface area contributed by atoms with Gasteiger partial charge in [0.2, 0.25) is 0 Å². The lowest BCUT2D eigenvalue weighted by Gasteiger charge is -2.08. The van der Waals surface area contributed by atoms with Crippen molar-refractivity contribution in [3.63, 3.8) is 0 Å². The van der Waals surface area contributed by atoms with E-state index in [1.165, 1.54) is 5.56 Å². The molecule has 0 radical (unpaired) electrons. The number of rotatable bonds is 5. The minimum atomic E-state index is -0.105. The molecule has 0 spiro atoms. The molecule has 4 heteroatoms. The summed E-state index contributed by atoms with van der Waals surface area (Å²) in [6, 6.07) is 19.7. The number of nitrogens with zero attached hydrogens (tertiary/aromatic N) is 2. The number of amides is 1. The van der Waals surface area contributed by atoms with Gasteiger partial charge in [0, 0.05) is 12.1 Å². The van der Waals surface area contributed by atoms with Gasteiger partial charge in [-0.3, -0.25) is 4.79 Å². The maximum atomic E-state index is 12.5. The normalized spacial score (nSPS) is 10.6. The second-order valence-electron chi connectivity index (χ2n) is 5.78. The summed E-state index contributed by atoms with van der Waals surface area (Å²) in [4.78, 5) is 12.5. The van der Waals surface area contributed by atoms with Gasteiger partial charge >= 0.3 is 0 Å². The minimum Gasteiger partial charge on any atom is -0.351 e. The van der Waals surface area contributed by atoms with Gasteiger partial charge in [-0.25, -0.2) is 4.68 Å². The maximum absolute atomic E-state index is 12.5. The lowest BCUT2D eigenvalue weighted by Crippen LogP contribution is -2.26. The number of carbonyl (C=O) groups excluding carboxylic acids is 1. The summed E-state index contributed by atoms with van der Waals surface area (Å²) in [6.07, 6.45) is 0.899. The summed E-state index contributed by atoms with van der Waals surface area (Å²) in [6.45, 7) is 4.72. The van der Waals surface area contributed by atoms with Crippen LogP contribution in [0.5, 0.6) is 0 Å². The Morgan fingerprint density at radius 2 is 1.79 bits per heavy atom. The highest BCUT2D eigenvalue weighted by atomic mass is 16.2. The van der Waals surface area contributed by atoms with E-state index in [-0.39, 0.29) is 5.91 Å². The van der Waals surface area contributed by atoms with Crippen molar-refractivity contribution >= 4 is 5.91 Å². The molecule has 0 fully saturated rings. The quantitative estimate of drug-likeness (QED) is 0.773. The third-order valence-corrected chi connectivity index (χ3v) is 3.83. The van der Waals surface area contributed by atoms with Crippen molar-refractivity contribution in [2.24, 2.45) is 0 Å². The first-order chi connectivity index (χ1) is 11.7. The monoisotopic (exact) mass is 319 g/mol. The molecule has 0 aliphatic rings. The molecule has 2 aromatic carbocycles. The maximum Gasteiger partial charge on any atom is 0.270 e. The molecule has 0 saturated heterocycles. The van der Waals surface area contributed by atoms with Crippen LogP contribution in [-0.4, -0.2) is 22.2 Å². The molecule has 4 nitrogen and oxygen atoms in total. The van der Waals surface area contributed by atoms with E-state index in [1.54, 1.807) is 4.68 Å². The molecule has 0 aliphatic heterocycles. The second kappa shape index (κ2) is 7.13. The van der Waals surface area contributed by atoms with E-state index in [9.17, 15) is 4.79 Å². The summed E-state index contributed by atoms with van der Waals surface area (Å²) in [5.74, 6) is -0.105. The van der Waals surface area contributed by atoms with Gasteiger partial charge < -0.3 is 5.32 Å². The average molecular weight is 319 g/mol. The fraction of sp³-hybridized carbons (Fsp3) is 0.200. The zero-order chi connectivity index (χ0) is 16.9. The molecule has 1 aromatic heterocycles. The lowest BCUT2D eigenvalue weighted by atomic mass is 10.1. The molecule has 0 aliphatic carbocycles. The SMILES string of the molecule is CCCNC(=O)c1cc(-c2ccccc2)nn1-c1ccc(C)cc1. The van der Waals surface area contributed by atoms with E-state index < -0.39 is 0 Å². The standard InChI is InChI=1S/C20H21N3O/c1-3-13-21-20(24)19-14-18(16-7-5-4-6-8-16)22-23(19)17-11-9-15(2)10-12-17/h4-12,14H,3,13H2,1-2H3,(H,21,24). The molecule has 0 atom stereocenters. The predicted molar refractivity (Wildman–Crippen MR) is 96.4 cm³/mol. The molecule has 3 rings (SSSR count). The van der Waals surface area contributed by atoms with Gasteiger partial charge in [-0.1, -0.05) is 55.0 Å². The summed E-state index contributed by atoms with van der Waals surface area (Å²) in [5.41, 5.74) is 4.38. The van der Waals surface area contributed by atoms with E-state index in [0.29, 0.717) is 12.2 Å². The average Bonchev–Trinajstić information content (AvgIpc) is 3.06. The Bertz CT molecular complexity index is 820. The molecule has 0 saturated carbocycles. The molecular formula is C20H21N3O. The summed E-state index contributed by atoms with van der Waals surface area (Å²) < 4.78 is 1.72. The van der Waals surface area contributed by atoms with Crippen molar-refractivity contribution in [2.45, 2.75) is 20.3 Å². The van der Waals surface area contributed by atoms with Crippen LogP contribution >= 0.6 is 0 Å². The second-order valence-corrected chi connectivity index (χ2v) is 5.78. The smallest absolute Gasteiger partial charge is 0.270 e. The van der Waals surface area contributed by atoms with Crippen LogP contribution in [0.3, 0.4) is 0 Å². The van der Waals surface area contributed by atoms with Crippen molar-refractivity contribution < 1.29 is 4.79 Å². The van der Waals surface area contributed by atoms with E-state index in [1.807, 2.05) is 74.5 Å². The van der Waals surface area contributed by atoms with Gasteiger partial charge in [0.1, 0.15) is 5.69 Å². The van der Waals surface area contributed by atoms with Crippen LogP contribution in [0.25, 0.3) is 16.9 Å². The molecule has 122 valence electrons. The molecule has 3 aromatic rings. The van der Waals surface area contributed by atoms with Crippen molar-refractivity contribution in [3.8, 4) is 16.9 Å². The van der Waals surface area contributed by atoms with Crippen molar-refractivity contribution in [3.05, 3.63) is 71.9 Å². The molecule has 1 N–H and O–H groups in total. The Morgan fingerprint density at radius 1 is 1.08 bits per heavy atom. The Kier molecular flexibility index (Phi) is 4.75. The molecular weight excluding hydrogens is 298 g/mol. The fourth-order valence-corrected chi connectivity index (χ4v) is 2.50. The summed E-state index contributed by atoms with van der Waals surface area (Å²) in [7, 11) is 0. The van der Waals surface area contributed by atoms with E-state index in [4.69, 9.17) is 0 Å². The van der Waals surface area contributed by atoms with Crippen LogP contribution in [-0.2, 0) is 0 Å². The van der Waals surface area contributed by atoms with Crippen LogP contribution in [0.2, 0.25) is 0 Å². The summed E-state index contributed by atoms with van der Waals surface area (Å²) in [5, 5.41) is 7.60. The highest BCUT2D eigenvalue weighted by Crippen LogP contribution is 2.22. The first kappa shape index (κ1) is 16.0. The van der Waals surface area contributed by atoms with Crippen molar-refractivity contribution in [2.75, 3.05) is 6.54 Å². The zero-order valence-electron chi connectivity index (χ0n) is 14.0. The number of aromatic nitrogens is 2. The van der Waals surface area contributed by atoms with Crippen LogP contribution in [0.1, 0.15) is 29.4 Å². The Labute approximate surface area is 142 Å². The topological polar surface area (TPSA) is 46.9 Å². The lowest BCUT2D eigenvalue weighted by molar-refractivity contribution is 0.0946. The van der Waals surface area contributed by atoms with Gasteiger partial charge in [-0.15, -0.1) is 0 Å². The highest BCUT2D eigenvalue weighted by Gasteiger charge is 2.17. The zero-order valence-corrected chi connectivity index (χ0v) is 14.0. The van der Waals surface area contributed by atoms with Crippen molar-refractivity contribution in [1.82, 2.24) is 15.1 Å². The third kappa shape index (κ3) is 3.38.